The van der Waals surface area contributed by atoms with Crippen molar-refractivity contribution in [1.29, 1.82) is 0 Å². The maximum atomic E-state index is 12.8. The summed E-state index contributed by atoms with van der Waals surface area (Å²) < 4.78 is 15.6. The Hall–Kier alpha value is -3.66. The van der Waals surface area contributed by atoms with Crippen LogP contribution in [-0.2, 0) is 17.6 Å². The van der Waals surface area contributed by atoms with Gasteiger partial charge in [-0.15, -0.1) is 11.3 Å². The molecule has 1 amide bonds. The van der Waals surface area contributed by atoms with Gasteiger partial charge >= 0.3 is 5.97 Å². The first-order valence-corrected chi connectivity index (χ1v) is 10.7. The molecule has 0 fully saturated rings. The number of ether oxygens (including phenoxy) is 2. The zero-order chi connectivity index (χ0) is 22.8. The standard InChI is InChI=1S/C22H20N2O7S/c1-29-12-7-8-13(15(11-12)24(27)28)16-9-10-17(31-16)20(25)23-21-19(22(26)30-2)14-5-3-4-6-18(14)32-21/h7-11H,3-6H2,1-2H3,(H,23,25). The third kappa shape index (κ3) is 3.96. The fourth-order valence-corrected chi connectivity index (χ4v) is 5.01. The third-order valence-electron chi connectivity index (χ3n) is 5.28. The number of rotatable bonds is 6. The number of esters is 1. The summed E-state index contributed by atoms with van der Waals surface area (Å²) in [6.07, 6.45) is 3.62. The Bertz CT molecular complexity index is 1210. The van der Waals surface area contributed by atoms with Crippen LogP contribution in [0, 0.1) is 10.1 Å². The van der Waals surface area contributed by atoms with Gasteiger partial charge in [0.05, 0.1) is 36.3 Å². The summed E-state index contributed by atoms with van der Waals surface area (Å²) in [7, 11) is 2.72. The average molecular weight is 456 g/mol. The van der Waals surface area contributed by atoms with Crippen molar-refractivity contribution in [3.63, 3.8) is 0 Å². The zero-order valence-electron chi connectivity index (χ0n) is 17.4. The SMILES string of the molecule is COC(=O)c1c(NC(=O)c2ccc(-c3ccc(OC)cc3[N+](=O)[O-])o2)sc2c1CCCC2. The lowest BCUT2D eigenvalue weighted by molar-refractivity contribution is -0.384. The van der Waals surface area contributed by atoms with Crippen LogP contribution in [-0.4, -0.2) is 31.0 Å². The van der Waals surface area contributed by atoms with Crippen molar-refractivity contribution in [3.8, 4) is 17.1 Å². The summed E-state index contributed by atoms with van der Waals surface area (Å²) in [6, 6.07) is 7.29. The number of carbonyl (C=O) groups excluding carboxylic acids is 2. The number of fused-ring (bicyclic) bond motifs is 1. The van der Waals surface area contributed by atoms with Gasteiger partial charge in [0.15, 0.2) is 5.76 Å². The molecule has 0 saturated carbocycles. The van der Waals surface area contributed by atoms with E-state index in [0.717, 1.165) is 36.1 Å². The van der Waals surface area contributed by atoms with E-state index >= 15 is 0 Å². The number of aryl methyl sites for hydroxylation is 1. The highest BCUT2D eigenvalue weighted by Crippen LogP contribution is 2.39. The summed E-state index contributed by atoms with van der Waals surface area (Å²) in [4.78, 5) is 37.2. The molecular weight excluding hydrogens is 436 g/mol. The van der Waals surface area contributed by atoms with Gasteiger partial charge in [0, 0.05) is 4.88 Å². The maximum Gasteiger partial charge on any atom is 0.341 e. The van der Waals surface area contributed by atoms with Crippen LogP contribution >= 0.6 is 11.3 Å². The Balaban J connectivity index is 1.63. The minimum absolute atomic E-state index is 0.0349. The molecule has 0 atom stereocenters. The van der Waals surface area contributed by atoms with E-state index < -0.39 is 16.8 Å². The molecule has 4 rings (SSSR count). The Kier molecular flexibility index (Phi) is 5.95. The number of methoxy groups -OCH3 is 2. The number of nitro benzene ring substituents is 1. The molecule has 9 nitrogen and oxygen atoms in total. The predicted octanol–water partition coefficient (Wildman–Crippen LogP) is 4.84. The largest absolute Gasteiger partial charge is 0.497 e. The quantitative estimate of drug-likeness (QED) is 0.320. The fourth-order valence-electron chi connectivity index (χ4n) is 3.74. The Morgan fingerprint density at radius 3 is 2.66 bits per heavy atom. The minimum atomic E-state index is -0.559. The van der Waals surface area contributed by atoms with Crippen molar-refractivity contribution >= 4 is 33.9 Å². The number of thiophene rings is 1. The second kappa shape index (κ2) is 8.83. The molecular formula is C22H20N2O7S. The van der Waals surface area contributed by atoms with Crippen molar-refractivity contribution in [3.05, 3.63) is 62.2 Å². The first kappa shape index (κ1) is 21.6. The second-order valence-corrected chi connectivity index (χ2v) is 8.27. The summed E-state index contributed by atoms with van der Waals surface area (Å²) in [5, 5.41) is 14.6. The highest BCUT2D eigenvalue weighted by Gasteiger charge is 2.28. The van der Waals surface area contributed by atoms with Crippen molar-refractivity contribution in [2.75, 3.05) is 19.5 Å². The van der Waals surface area contributed by atoms with Gasteiger partial charge in [-0.1, -0.05) is 0 Å². The summed E-state index contributed by atoms with van der Waals surface area (Å²) >= 11 is 1.36. The van der Waals surface area contributed by atoms with Gasteiger partial charge in [-0.2, -0.15) is 0 Å². The van der Waals surface area contributed by atoms with E-state index in [1.807, 2.05) is 0 Å². The molecule has 1 N–H and O–H groups in total. The molecule has 166 valence electrons. The number of anilines is 1. The van der Waals surface area contributed by atoms with Crippen LogP contribution in [0.1, 0.15) is 44.2 Å². The van der Waals surface area contributed by atoms with Crippen LogP contribution in [0.2, 0.25) is 0 Å². The maximum absolute atomic E-state index is 12.8. The number of nitrogens with zero attached hydrogens (tertiary/aromatic N) is 1. The Morgan fingerprint density at radius 2 is 1.94 bits per heavy atom. The summed E-state index contributed by atoms with van der Waals surface area (Å²) in [6.45, 7) is 0. The highest BCUT2D eigenvalue weighted by molar-refractivity contribution is 7.17. The first-order chi connectivity index (χ1) is 15.4. The lowest BCUT2D eigenvalue weighted by Gasteiger charge is -2.11. The highest BCUT2D eigenvalue weighted by atomic mass is 32.1. The number of hydrogen-bond donors (Lipinski definition) is 1. The number of amides is 1. The van der Waals surface area contributed by atoms with E-state index in [0.29, 0.717) is 16.3 Å². The molecule has 2 aromatic heterocycles. The zero-order valence-corrected chi connectivity index (χ0v) is 18.2. The molecule has 1 aliphatic rings. The van der Waals surface area contributed by atoms with Gasteiger partial charge in [-0.05, 0) is 55.5 Å². The Labute approximate surface area is 187 Å². The van der Waals surface area contributed by atoms with E-state index in [2.05, 4.69) is 5.32 Å². The van der Waals surface area contributed by atoms with E-state index in [1.54, 1.807) is 6.07 Å². The molecule has 32 heavy (non-hydrogen) atoms. The normalized spacial score (nSPS) is 12.7. The van der Waals surface area contributed by atoms with Gasteiger partial charge in [0.25, 0.3) is 11.6 Å². The number of hydrogen-bond acceptors (Lipinski definition) is 8. The molecule has 0 saturated heterocycles. The molecule has 1 aliphatic carbocycles. The number of nitro groups is 1. The van der Waals surface area contributed by atoms with Crippen molar-refractivity contribution < 1.29 is 28.4 Å². The lowest BCUT2D eigenvalue weighted by atomic mass is 9.95. The molecule has 0 radical (unpaired) electrons. The third-order valence-corrected chi connectivity index (χ3v) is 6.49. The van der Waals surface area contributed by atoms with Crippen molar-refractivity contribution in [2.45, 2.75) is 25.7 Å². The molecule has 0 bridgehead atoms. The number of furan rings is 1. The molecule has 0 aliphatic heterocycles. The van der Waals surface area contributed by atoms with Gasteiger partial charge in [0.1, 0.15) is 16.5 Å². The molecule has 0 unspecified atom stereocenters. The number of benzene rings is 1. The first-order valence-electron chi connectivity index (χ1n) is 9.89. The topological polar surface area (TPSA) is 121 Å². The molecule has 0 spiro atoms. The fraction of sp³-hybridized carbons (Fsp3) is 0.273. The predicted molar refractivity (Wildman–Crippen MR) is 118 cm³/mol. The average Bonchev–Trinajstić information content (AvgIpc) is 3.43. The van der Waals surface area contributed by atoms with Crippen LogP contribution in [0.3, 0.4) is 0 Å². The van der Waals surface area contributed by atoms with Crippen LogP contribution < -0.4 is 10.1 Å². The van der Waals surface area contributed by atoms with Gasteiger partial charge in [0.2, 0.25) is 0 Å². The van der Waals surface area contributed by atoms with E-state index in [9.17, 15) is 19.7 Å². The molecule has 1 aromatic carbocycles. The minimum Gasteiger partial charge on any atom is -0.497 e. The van der Waals surface area contributed by atoms with Gasteiger partial charge < -0.3 is 19.2 Å². The van der Waals surface area contributed by atoms with Crippen LogP contribution in [0.15, 0.2) is 34.7 Å². The number of nitrogens with one attached hydrogen (secondary N) is 1. The molecule has 10 heteroatoms. The second-order valence-electron chi connectivity index (χ2n) is 7.16. The van der Waals surface area contributed by atoms with Crippen LogP contribution in [0.25, 0.3) is 11.3 Å². The van der Waals surface area contributed by atoms with E-state index in [4.69, 9.17) is 13.9 Å². The van der Waals surface area contributed by atoms with Gasteiger partial charge in [-0.3, -0.25) is 14.9 Å². The van der Waals surface area contributed by atoms with E-state index in [-0.39, 0.29) is 22.8 Å². The summed E-state index contributed by atoms with van der Waals surface area (Å²) in [5.41, 5.74) is 1.33. The summed E-state index contributed by atoms with van der Waals surface area (Å²) in [5.74, 6) is -0.581. The molecule has 2 heterocycles. The van der Waals surface area contributed by atoms with E-state index in [1.165, 1.54) is 49.8 Å². The number of carbonyl (C=O) groups is 2. The smallest absolute Gasteiger partial charge is 0.341 e. The lowest BCUT2D eigenvalue weighted by Crippen LogP contribution is -2.14. The molecule has 3 aromatic rings. The van der Waals surface area contributed by atoms with Crippen LogP contribution in [0.4, 0.5) is 10.7 Å². The van der Waals surface area contributed by atoms with Crippen molar-refractivity contribution in [1.82, 2.24) is 0 Å². The van der Waals surface area contributed by atoms with Crippen LogP contribution in [0.5, 0.6) is 5.75 Å². The van der Waals surface area contributed by atoms with Gasteiger partial charge in [-0.25, -0.2) is 4.79 Å². The monoisotopic (exact) mass is 456 g/mol. The Morgan fingerprint density at radius 1 is 1.16 bits per heavy atom. The van der Waals surface area contributed by atoms with Crippen molar-refractivity contribution in [2.24, 2.45) is 0 Å².